The minimum Gasteiger partial charge on any atom is -0.294 e. The fraction of sp³-hybridized carbons (Fsp3) is 0.273. The molecule has 0 aromatic heterocycles. The van der Waals surface area contributed by atoms with Gasteiger partial charge in [-0.15, -0.1) is 0 Å². The summed E-state index contributed by atoms with van der Waals surface area (Å²) in [5, 5.41) is 1.50. The van der Waals surface area contributed by atoms with Gasteiger partial charge in [0.15, 0.2) is 5.78 Å². The highest BCUT2D eigenvalue weighted by molar-refractivity contribution is 6.36. The molecule has 2 aliphatic rings. The predicted molar refractivity (Wildman–Crippen MR) is 113 cm³/mol. The number of rotatable bonds is 2. The van der Waals surface area contributed by atoms with Crippen LogP contribution in [-0.2, 0) is 9.59 Å². The summed E-state index contributed by atoms with van der Waals surface area (Å²) >= 11 is 19.1. The number of hydrogen-bond acceptors (Lipinski definition) is 2. The summed E-state index contributed by atoms with van der Waals surface area (Å²) in [6.07, 6.45) is 1.97. The molecule has 2 aromatic rings. The van der Waals surface area contributed by atoms with Gasteiger partial charge in [-0.25, -0.2) is 0 Å². The van der Waals surface area contributed by atoms with E-state index in [9.17, 15) is 9.59 Å². The van der Waals surface area contributed by atoms with Crippen LogP contribution in [0.1, 0.15) is 42.7 Å². The van der Waals surface area contributed by atoms with Gasteiger partial charge in [0.2, 0.25) is 5.91 Å². The maximum atomic E-state index is 13.3. The largest absolute Gasteiger partial charge is 0.294 e. The van der Waals surface area contributed by atoms with Crippen LogP contribution in [0.2, 0.25) is 15.1 Å². The molecular weight excluding hydrogens is 417 g/mol. The van der Waals surface area contributed by atoms with E-state index < -0.39 is 5.92 Å². The van der Waals surface area contributed by atoms with E-state index >= 15 is 0 Å². The van der Waals surface area contributed by atoms with Gasteiger partial charge >= 0.3 is 0 Å². The highest BCUT2D eigenvalue weighted by Crippen LogP contribution is 2.47. The van der Waals surface area contributed by atoms with Crippen LogP contribution in [0.15, 0.2) is 47.7 Å². The highest BCUT2D eigenvalue weighted by Gasteiger charge is 2.41. The van der Waals surface area contributed by atoms with Crippen molar-refractivity contribution in [2.45, 2.75) is 38.5 Å². The van der Waals surface area contributed by atoms with Gasteiger partial charge in [-0.1, -0.05) is 46.9 Å². The number of carbonyl (C=O) groups excluding carboxylic acids is 2. The molecule has 3 nitrogen and oxygen atoms in total. The number of anilines is 1. The van der Waals surface area contributed by atoms with Crippen molar-refractivity contribution in [1.29, 1.82) is 0 Å². The summed E-state index contributed by atoms with van der Waals surface area (Å²) in [7, 11) is 0. The second-order valence-corrected chi connectivity index (χ2v) is 8.44. The molecular formula is C22H18Cl3NO2. The first-order chi connectivity index (χ1) is 13.4. The smallest absolute Gasteiger partial charge is 0.232 e. The first-order valence-electron chi connectivity index (χ1n) is 9.17. The third-order valence-electron chi connectivity index (χ3n) is 5.44. The van der Waals surface area contributed by atoms with E-state index in [4.69, 9.17) is 34.8 Å². The summed E-state index contributed by atoms with van der Waals surface area (Å²) in [6, 6.07) is 10.7. The van der Waals surface area contributed by atoms with Crippen molar-refractivity contribution >= 4 is 52.2 Å². The normalized spacial score (nSPS) is 19.9. The zero-order chi connectivity index (χ0) is 20.0. The fourth-order valence-electron chi connectivity index (χ4n) is 4.19. The standard InChI is InChI=1S/C22H18Cl3NO2/c1-12-8-9-13(23)10-18(12)26-17-6-3-7-19(27)22(17)14(11-20(26)28)21-15(24)4-2-5-16(21)25/h2,4-5,8-10,14H,3,6-7,11H2,1H3. The molecule has 1 aliphatic heterocycles. The molecule has 6 heteroatoms. The molecule has 0 fully saturated rings. The Hall–Kier alpha value is -1.81. The van der Waals surface area contributed by atoms with E-state index in [-0.39, 0.29) is 18.1 Å². The summed E-state index contributed by atoms with van der Waals surface area (Å²) in [6.45, 7) is 1.93. The van der Waals surface area contributed by atoms with Gasteiger partial charge in [0.05, 0.1) is 5.69 Å². The molecule has 0 saturated carbocycles. The summed E-state index contributed by atoms with van der Waals surface area (Å²) in [5.41, 5.74) is 3.71. The third kappa shape index (κ3) is 3.26. The summed E-state index contributed by atoms with van der Waals surface area (Å²) in [5.74, 6) is -0.452. The Balaban J connectivity index is 1.94. The van der Waals surface area contributed by atoms with Crippen LogP contribution in [0.5, 0.6) is 0 Å². The van der Waals surface area contributed by atoms with Crippen molar-refractivity contribution in [3.8, 4) is 0 Å². The molecule has 1 aliphatic carbocycles. The van der Waals surface area contributed by atoms with Gasteiger partial charge in [0.1, 0.15) is 0 Å². The number of benzene rings is 2. The number of Topliss-reactive ketones (excluding diaryl/α,β-unsaturated/α-hetero) is 1. The highest BCUT2D eigenvalue weighted by atomic mass is 35.5. The minimum absolute atomic E-state index is 0.0550. The average Bonchev–Trinajstić information content (AvgIpc) is 2.64. The maximum absolute atomic E-state index is 13.3. The monoisotopic (exact) mass is 433 g/mol. The van der Waals surface area contributed by atoms with Gasteiger partial charge in [0, 0.05) is 45.1 Å². The third-order valence-corrected chi connectivity index (χ3v) is 6.33. The van der Waals surface area contributed by atoms with Crippen molar-refractivity contribution in [3.05, 3.63) is 73.9 Å². The number of hydrogen-bond donors (Lipinski definition) is 0. The molecule has 1 heterocycles. The molecule has 1 amide bonds. The van der Waals surface area contributed by atoms with Crippen molar-refractivity contribution in [2.24, 2.45) is 0 Å². The van der Waals surface area contributed by atoms with Crippen molar-refractivity contribution < 1.29 is 9.59 Å². The molecule has 0 radical (unpaired) electrons. The lowest BCUT2D eigenvalue weighted by atomic mass is 9.77. The lowest BCUT2D eigenvalue weighted by Gasteiger charge is -2.39. The van der Waals surface area contributed by atoms with Crippen LogP contribution in [0, 0.1) is 6.92 Å². The lowest BCUT2D eigenvalue weighted by Crippen LogP contribution is -2.41. The van der Waals surface area contributed by atoms with E-state index in [2.05, 4.69) is 0 Å². The molecule has 0 saturated heterocycles. The molecule has 4 rings (SSSR count). The number of allylic oxidation sites excluding steroid dienone is 2. The summed E-state index contributed by atoms with van der Waals surface area (Å²) < 4.78 is 0. The Morgan fingerprint density at radius 3 is 2.43 bits per heavy atom. The second kappa shape index (κ2) is 7.55. The van der Waals surface area contributed by atoms with Crippen LogP contribution in [0.3, 0.4) is 0 Å². The van der Waals surface area contributed by atoms with Crippen LogP contribution < -0.4 is 4.90 Å². The molecule has 1 atom stereocenters. The Morgan fingerprint density at radius 2 is 1.71 bits per heavy atom. The van der Waals surface area contributed by atoms with E-state index in [1.807, 2.05) is 13.0 Å². The predicted octanol–water partition coefficient (Wildman–Crippen LogP) is 6.48. The zero-order valence-corrected chi connectivity index (χ0v) is 17.5. The van der Waals surface area contributed by atoms with Crippen molar-refractivity contribution in [1.82, 2.24) is 0 Å². The summed E-state index contributed by atoms with van der Waals surface area (Å²) in [4.78, 5) is 27.9. The SMILES string of the molecule is Cc1ccc(Cl)cc1N1C(=O)CC(c2c(Cl)cccc2Cl)C2=C1CCCC2=O. The van der Waals surface area contributed by atoms with Crippen molar-refractivity contribution in [3.63, 3.8) is 0 Å². The van der Waals surface area contributed by atoms with Gasteiger partial charge in [-0.2, -0.15) is 0 Å². The van der Waals surface area contributed by atoms with Gasteiger partial charge in [-0.05, 0) is 55.2 Å². The molecule has 1 unspecified atom stereocenters. The van der Waals surface area contributed by atoms with Crippen LogP contribution in [-0.4, -0.2) is 11.7 Å². The first kappa shape index (κ1) is 19.5. The number of amides is 1. The van der Waals surface area contributed by atoms with Crippen LogP contribution in [0.25, 0.3) is 0 Å². The number of nitrogens with zero attached hydrogens (tertiary/aromatic N) is 1. The maximum Gasteiger partial charge on any atom is 0.232 e. The van der Waals surface area contributed by atoms with E-state index in [1.54, 1.807) is 35.2 Å². The van der Waals surface area contributed by atoms with E-state index in [0.29, 0.717) is 45.5 Å². The fourth-order valence-corrected chi connectivity index (χ4v) is 5.01. The van der Waals surface area contributed by atoms with E-state index in [0.717, 1.165) is 16.9 Å². The number of ketones is 1. The van der Waals surface area contributed by atoms with Crippen LogP contribution in [0.4, 0.5) is 5.69 Å². The lowest BCUT2D eigenvalue weighted by molar-refractivity contribution is -0.119. The van der Waals surface area contributed by atoms with Crippen molar-refractivity contribution in [2.75, 3.05) is 4.90 Å². The second-order valence-electron chi connectivity index (χ2n) is 7.19. The molecule has 0 spiro atoms. The van der Waals surface area contributed by atoms with E-state index in [1.165, 1.54) is 0 Å². The van der Waals surface area contributed by atoms with Gasteiger partial charge in [0.25, 0.3) is 0 Å². The number of aryl methyl sites for hydroxylation is 1. The Morgan fingerprint density at radius 1 is 1.00 bits per heavy atom. The Labute approximate surface area is 178 Å². The molecule has 0 bridgehead atoms. The number of carbonyl (C=O) groups is 2. The Bertz CT molecular complexity index is 1010. The molecule has 144 valence electrons. The quantitative estimate of drug-likeness (QED) is 0.542. The first-order valence-corrected chi connectivity index (χ1v) is 10.3. The molecule has 2 aromatic carbocycles. The zero-order valence-electron chi connectivity index (χ0n) is 15.3. The average molecular weight is 435 g/mol. The van der Waals surface area contributed by atoms with Gasteiger partial charge in [-0.3, -0.25) is 14.5 Å². The van der Waals surface area contributed by atoms with Gasteiger partial charge < -0.3 is 0 Å². The molecule has 28 heavy (non-hydrogen) atoms. The number of halogens is 3. The topological polar surface area (TPSA) is 37.4 Å². The molecule has 0 N–H and O–H groups in total. The minimum atomic E-state index is -0.424. The Kier molecular flexibility index (Phi) is 5.26. The van der Waals surface area contributed by atoms with Crippen LogP contribution >= 0.6 is 34.8 Å².